The van der Waals surface area contributed by atoms with E-state index in [9.17, 15) is 14.7 Å². The van der Waals surface area contributed by atoms with E-state index in [1.165, 1.54) is 17.5 Å². The van der Waals surface area contributed by atoms with E-state index in [-0.39, 0.29) is 42.5 Å². The molecule has 6 rings (SSSR count). The number of aliphatic hydroxyl groups excluding tert-OH is 1. The summed E-state index contributed by atoms with van der Waals surface area (Å²) in [5, 5.41) is 11.7. The fraction of sp³-hybridized carbons (Fsp3) is 0.447. The first kappa shape index (κ1) is 45.9. The van der Waals surface area contributed by atoms with E-state index in [0.29, 0.717) is 77.9 Å². The Hall–Kier alpha value is -4.84. The molecule has 314 valence electrons. The van der Waals surface area contributed by atoms with Crippen LogP contribution in [0.15, 0.2) is 72.8 Å². The van der Waals surface area contributed by atoms with Crippen molar-refractivity contribution >= 4 is 30.3 Å². The lowest BCUT2D eigenvalue weighted by molar-refractivity contribution is 0.0933. The Morgan fingerprint density at radius 2 is 1.00 bits per heavy atom. The molecule has 4 aromatic rings. The number of carbonyl (C=O) groups excluding carboxylic acids is 2. The van der Waals surface area contributed by atoms with Crippen LogP contribution < -0.4 is 38.8 Å². The molecule has 2 aliphatic rings. The standard InChI is InChI=1S/C31H38O5Si.C15H20O5.CH4/c1-31(2,3)37(23-13-9-7-10-14-23,24-15-11-8-12-16-24)36-21-22-17-18-25-26(27(32)19-22)20-28(33-4)30(35-6)29(25)34-5;1-18-13-7-11-10(14(19-2)15(13)20-3)5-4-9(8-16)6-12(11)17;/h7-16,20,22H,17-19,21H2,1-6H3;7,9,16H,4-6,8H2,1-3H3;1H4/t22-;9-;/m11./s1. The molecule has 0 bridgehead atoms. The van der Waals surface area contributed by atoms with Gasteiger partial charge in [-0.25, -0.2) is 0 Å². The molecule has 0 aliphatic heterocycles. The molecule has 0 aromatic heterocycles. The molecule has 1 N–H and O–H groups in total. The molecule has 0 unspecified atom stereocenters. The van der Waals surface area contributed by atoms with Gasteiger partial charge in [0.15, 0.2) is 34.6 Å². The minimum Gasteiger partial charge on any atom is -0.493 e. The molecule has 0 saturated heterocycles. The molecular formula is C47H62O10Si. The Kier molecular flexibility index (Phi) is 16.0. The summed E-state index contributed by atoms with van der Waals surface area (Å²) in [6.45, 7) is 7.37. The lowest BCUT2D eigenvalue weighted by atomic mass is 9.99. The average Bonchev–Trinajstić information content (AvgIpc) is 3.49. The molecule has 0 amide bonds. The normalized spacial score (nSPS) is 16.5. The number of rotatable bonds is 12. The Labute approximate surface area is 345 Å². The zero-order valence-electron chi connectivity index (χ0n) is 34.9. The molecule has 4 aromatic carbocycles. The Bertz CT molecular complexity index is 1950. The van der Waals surface area contributed by atoms with E-state index in [1.807, 2.05) is 12.1 Å². The van der Waals surface area contributed by atoms with Crippen LogP contribution in [0, 0.1) is 11.8 Å². The molecule has 10 nitrogen and oxygen atoms in total. The maximum atomic E-state index is 13.5. The number of hydrogen-bond donors (Lipinski definition) is 1. The first-order valence-electron chi connectivity index (χ1n) is 19.5. The summed E-state index contributed by atoms with van der Waals surface area (Å²) >= 11 is 0. The fourth-order valence-electron chi connectivity index (χ4n) is 8.37. The Morgan fingerprint density at radius 1 is 0.603 bits per heavy atom. The molecule has 0 radical (unpaired) electrons. The van der Waals surface area contributed by atoms with Crippen LogP contribution in [-0.4, -0.2) is 80.9 Å². The van der Waals surface area contributed by atoms with E-state index < -0.39 is 8.32 Å². The SMILES string of the molecule is C.COc1cc2c(c(OC)c1OC)CC[C@@H](CO)CC2=O.COc1cc2c(c(OC)c1OC)CC[C@@H](CO[Si](c1ccccc1)(c1ccccc1)C(C)(C)C)CC2=O. The highest BCUT2D eigenvalue weighted by atomic mass is 28.4. The van der Waals surface area contributed by atoms with Crippen LogP contribution in [-0.2, 0) is 17.3 Å². The third kappa shape index (κ3) is 9.22. The number of carbonyl (C=O) groups is 2. The molecule has 2 aliphatic carbocycles. The van der Waals surface area contributed by atoms with Gasteiger partial charge in [0.05, 0.1) is 42.7 Å². The number of methoxy groups -OCH3 is 6. The quantitative estimate of drug-likeness (QED) is 0.112. The van der Waals surface area contributed by atoms with Crippen molar-refractivity contribution in [1.29, 1.82) is 0 Å². The van der Waals surface area contributed by atoms with Crippen LogP contribution in [0.1, 0.15) is 85.7 Å². The first-order chi connectivity index (χ1) is 27.4. The van der Waals surface area contributed by atoms with Crippen molar-refractivity contribution in [3.8, 4) is 34.5 Å². The van der Waals surface area contributed by atoms with Crippen LogP contribution >= 0.6 is 0 Å². The zero-order chi connectivity index (χ0) is 41.3. The molecule has 0 spiro atoms. The maximum Gasteiger partial charge on any atom is 0.261 e. The minimum absolute atomic E-state index is 0. The fourth-order valence-corrected chi connectivity index (χ4v) is 13.0. The summed E-state index contributed by atoms with van der Waals surface area (Å²) in [7, 11) is 6.72. The molecule has 0 fully saturated rings. The smallest absolute Gasteiger partial charge is 0.261 e. The second kappa shape index (κ2) is 20.2. The summed E-state index contributed by atoms with van der Waals surface area (Å²) in [5.74, 6) is 3.33. The summed E-state index contributed by atoms with van der Waals surface area (Å²) in [5.41, 5.74) is 2.99. The van der Waals surface area contributed by atoms with Crippen molar-refractivity contribution in [2.45, 2.75) is 71.8 Å². The number of ketones is 2. The third-order valence-corrected chi connectivity index (χ3v) is 16.2. The number of ether oxygens (including phenoxy) is 6. The largest absolute Gasteiger partial charge is 0.493 e. The number of hydrogen-bond acceptors (Lipinski definition) is 10. The minimum atomic E-state index is -2.67. The predicted molar refractivity (Wildman–Crippen MR) is 231 cm³/mol. The van der Waals surface area contributed by atoms with Gasteiger partial charge in [0, 0.05) is 48.3 Å². The molecule has 0 saturated carbocycles. The molecule has 11 heteroatoms. The summed E-state index contributed by atoms with van der Waals surface area (Å²) in [6, 6.07) is 24.8. The van der Waals surface area contributed by atoms with E-state index in [2.05, 4.69) is 69.3 Å². The zero-order valence-corrected chi connectivity index (χ0v) is 35.9. The van der Waals surface area contributed by atoms with Gasteiger partial charge in [0.2, 0.25) is 11.5 Å². The van der Waals surface area contributed by atoms with Crippen molar-refractivity contribution < 1.29 is 47.5 Å². The van der Waals surface area contributed by atoms with Crippen LogP contribution in [0.25, 0.3) is 0 Å². The van der Waals surface area contributed by atoms with Gasteiger partial charge in [-0.2, -0.15) is 0 Å². The topological polar surface area (TPSA) is 119 Å². The third-order valence-electron chi connectivity index (χ3n) is 11.2. The van der Waals surface area contributed by atoms with Crippen molar-refractivity contribution in [1.82, 2.24) is 0 Å². The highest BCUT2D eigenvalue weighted by molar-refractivity contribution is 6.99. The number of fused-ring (bicyclic) bond motifs is 2. The van der Waals surface area contributed by atoms with Crippen LogP contribution in [0.2, 0.25) is 5.04 Å². The average molecular weight is 815 g/mol. The molecular weight excluding hydrogens is 753 g/mol. The van der Waals surface area contributed by atoms with E-state index in [1.54, 1.807) is 47.7 Å². The molecule has 2 atom stereocenters. The van der Waals surface area contributed by atoms with Crippen molar-refractivity contribution in [3.63, 3.8) is 0 Å². The second-order valence-electron chi connectivity index (χ2n) is 15.6. The monoisotopic (exact) mass is 814 g/mol. The van der Waals surface area contributed by atoms with Gasteiger partial charge in [-0.05, 0) is 65.1 Å². The van der Waals surface area contributed by atoms with Gasteiger partial charge >= 0.3 is 0 Å². The van der Waals surface area contributed by atoms with Gasteiger partial charge in [-0.3, -0.25) is 9.59 Å². The number of Topliss-reactive ketones (excluding diaryl/α,β-unsaturated/α-hetero) is 2. The first-order valence-corrected chi connectivity index (χ1v) is 21.4. The maximum absolute atomic E-state index is 13.5. The lowest BCUT2D eigenvalue weighted by Gasteiger charge is -2.43. The predicted octanol–water partition coefficient (Wildman–Crippen LogP) is 7.90. The van der Waals surface area contributed by atoms with E-state index >= 15 is 0 Å². The van der Waals surface area contributed by atoms with Crippen LogP contribution in [0.5, 0.6) is 34.5 Å². The van der Waals surface area contributed by atoms with Crippen molar-refractivity contribution in [3.05, 3.63) is 95.1 Å². The van der Waals surface area contributed by atoms with Gasteiger partial charge in [0.1, 0.15) is 0 Å². The van der Waals surface area contributed by atoms with Crippen molar-refractivity contribution in [2.24, 2.45) is 11.8 Å². The molecule has 0 heterocycles. The number of benzene rings is 4. The van der Waals surface area contributed by atoms with Crippen LogP contribution in [0.4, 0.5) is 0 Å². The summed E-state index contributed by atoms with van der Waals surface area (Å²) in [4.78, 5) is 25.9. The van der Waals surface area contributed by atoms with Gasteiger partial charge in [0.25, 0.3) is 8.32 Å². The highest BCUT2D eigenvalue weighted by Crippen LogP contribution is 2.46. The Balaban J connectivity index is 0.000000300. The molecule has 58 heavy (non-hydrogen) atoms. The van der Waals surface area contributed by atoms with Gasteiger partial charge in [-0.1, -0.05) is 88.9 Å². The highest BCUT2D eigenvalue weighted by Gasteiger charge is 2.50. The number of aliphatic hydroxyl groups is 1. The van der Waals surface area contributed by atoms with E-state index in [0.717, 1.165) is 24.0 Å². The summed E-state index contributed by atoms with van der Waals surface area (Å²) in [6.07, 6.45) is 3.73. The Morgan fingerprint density at radius 3 is 1.36 bits per heavy atom. The summed E-state index contributed by atoms with van der Waals surface area (Å²) < 4.78 is 40.0. The van der Waals surface area contributed by atoms with Crippen LogP contribution in [0.3, 0.4) is 0 Å². The lowest BCUT2D eigenvalue weighted by Crippen LogP contribution is -2.66. The van der Waals surface area contributed by atoms with E-state index in [4.69, 9.17) is 32.8 Å². The van der Waals surface area contributed by atoms with Gasteiger partial charge < -0.3 is 38.0 Å². The second-order valence-corrected chi connectivity index (χ2v) is 19.9. The van der Waals surface area contributed by atoms with Gasteiger partial charge in [-0.15, -0.1) is 0 Å². The van der Waals surface area contributed by atoms with Crippen molar-refractivity contribution in [2.75, 3.05) is 55.9 Å².